The molecule has 1 aromatic heterocycles. The highest BCUT2D eigenvalue weighted by Crippen LogP contribution is 2.22. The summed E-state index contributed by atoms with van der Waals surface area (Å²) in [7, 11) is 2.02. The van der Waals surface area contributed by atoms with Crippen LogP contribution in [0, 0.1) is 0 Å². The lowest BCUT2D eigenvalue weighted by Gasteiger charge is -2.18. The third kappa shape index (κ3) is 2.68. The van der Waals surface area contributed by atoms with Crippen LogP contribution in [-0.2, 0) is 4.74 Å². The van der Waals surface area contributed by atoms with Gasteiger partial charge in [-0.25, -0.2) is 4.79 Å². The molecule has 0 aliphatic carbocycles. The second-order valence-corrected chi connectivity index (χ2v) is 6.46. The monoisotopic (exact) mass is 300 g/mol. The number of aromatic amines is 1. The van der Waals surface area contributed by atoms with E-state index in [1.54, 1.807) is 0 Å². The van der Waals surface area contributed by atoms with Gasteiger partial charge < -0.3 is 9.64 Å². The van der Waals surface area contributed by atoms with Crippen LogP contribution in [0.15, 0.2) is 23.2 Å². The molecule has 0 spiro atoms. The van der Waals surface area contributed by atoms with Crippen LogP contribution in [0.4, 0.5) is 0 Å². The minimum absolute atomic E-state index is 0.318. The van der Waals surface area contributed by atoms with Gasteiger partial charge in [-0.2, -0.15) is 5.10 Å². The van der Waals surface area contributed by atoms with Gasteiger partial charge in [-0.3, -0.25) is 10.1 Å². The molecule has 6 heteroatoms. The Morgan fingerprint density at radius 2 is 2.14 bits per heavy atom. The zero-order chi connectivity index (χ0) is 15.9. The fourth-order valence-corrected chi connectivity index (χ4v) is 2.48. The average Bonchev–Trinajstić information content (AvgIpc) is 3.01. The van der Waals surface area contributed by atoms with Crippen LogP contribution in [0.25, 0.3) is 10.9 Å². The second kappa shape index (κ2) is 5.12. The number of likely N-dealkylation sites (N-methyl/N-ethyl adjacent to an activating group) is 1. The number of rotatable bonds is 2. The Hall–Kier alpha value is -2.37. The Morgan fingerprint density at radius 1 is 1.36 bits per heavy atom. The number of H-pyrrole nitrogens is 1. The van der Waals surface area contributed by atoms with Crippen molar-refractivity contribution in [3.8, 4) is 0 Å². The van der Waals surface area contributed by atoms with Gasteiger partial charge >= 0.3 is 5.97 Å². The van der Waals surface area contributed by atoms with Crippen molar-refractivity contribution in [2.24, 2.45) is 4.99 Å². The standard InChI is InChI=1S/C16H20N4O2/c1-16(2,3)22-15(21)13-11-6-5-10(9-12(11)18-19-13)14-17-7-8-20(14)4/h5-6,9H,7-8H2,1-4H3,(H,18,19). The first-order chi connectivity index (χ1) is 10.3. The summed E-state index contributed by atoms with van der Waals surface area (Å²) in [5.74, 6) is 0.553. The van der Waals surface area contributed by atoms with Gasteiger partial charge in [0.25, 0.3) is 0 Å². The Morgan fingerprint density at radius 3 is 2.77 bits per heavy atom. The van der Waals surface area contributed by atoms with E-state index in [2.05, 4.69) is 20.1 Å². The van der Waals surface area contributed by atoms with Crippen molar-refractivity contribution in [2.75, 3.05) is 20.1 Å². The van der Waals surface area contributed by atoms with Gasteiger partial charge in [-0.05, 0) is 32.9 Å². The Balaban J connectivity index is 1.95. The lowest BCUT2D eigenvalue weighted by atomic mass is 10.1. The van der Waals surface area contributed by atoms with E-state index in [1.165, 1.54) is 0 Å². The van der Waals surface area contributed by atoms with Gasteiger partial charge in [0.05, 0.1) is 12.1 Å². The van der Waals surface area contributed by atoms with Crippen molar-refractivity contribution in [3.63, 3.8) is 0 Å². The van der Waals surface area contributed by atoms with E-state index in [4.69, 9.17) is 4.74 Å². The molecule has 6 nitrogen and oxygen atoms in total. The van der Waals surface area contributed by atoms with E-state index in [0.29, 0.717) is 5.69 Å². The lowest BCUT2D eigenvalue weighted by Crippen LogP contribution is -2.24. The molecule has 2 aromatic rings. The maximum Gasteiger partial charge on any atom is 0.360 e. The van der Waals surface area contributed by atoms with Crippen molar-refractivity contribution in [1.29, 1.82) is 0 Å². The molecule has 116 valence electrons. The van der Waals surface area contributed by atoms with Gasteiger partial charge in [0.2, 0.25) is 0 Å². The number of nitrogens with one attached hydrogen (secondary N) is 1. The maximum atomic E-state index is 12.2. The number of fused-ring (bicyclic) bond motifs is 1. The number of hydrogen-bond acceptors (Lipinski definition) is 5. The lowest BCUT2D eigenvalue weighted by molar-refractivity contribution is 0.00651. The number of benzene rings is 1. The number of esters is 1. The molecule has 2 heterocycles. The molecule has 1 aliphatic rings. The van der Waals surface area contributed by atoms with Crippen LogP contribution in [0.3, 0.4) is 0 Å². The number of carbonyl (C=O) groups excluding carboxylic acids is 1. The number of aromatic nitrogens is 2. The summed E-state index contributed by atoms with van der Waals surface area (Å²) in [6.45, 7) is 7.26. The molecular weight excluding hydrogens is 280 g/mol. The van der Waals surface area contributed by atoms with Crippen LogP contribution >= 0.6 is 0 Å². The van der Waals surface area contributed by atoms with Crippen LogP contribution in [0.5, 0.6) is 0 Å². The quantitative estimate of drug-likeness (QED) is 0.863. The minimum atomic E-state index is -0.538. The molecule has 1 N–H and O–H groups in total. The summed E-state index contributed by atoms with van der Waals surface area (Å²) in [6, 6.07) is 5.82. The summed E-state index contributed by atoms with van der Waals surface area (Å²) in [6.07, 6.45) is 0. The average molecular weight is 300 g/mol. The number of hydrogen-bond donors (Lipinski definition) is 1. The number of carbonyl (C=O) groups is 1. The first-order valence-electron chi connectivity index (χ1n) is 7.32. The molecule has 0 fully saturated rings. The van der Waals surface area contributed by atoms with Gasteiger partial charge in [0.15, 0.2) is 5.69 Å². The molecule has 1 aliphatic heterocycles. The highest BCUT2D eigenvalue weighted by molar-refractivity contribution is 6.06. The molecule has 0 unspecified atom stereocenters. The molecule has 0 amide bonds. The number of aliphatic imine (C=N–C) groups is 1. The minimum Gasteiger partial charge on any atom is -0.455 e. The van der Waals surface area contributed by atoms with E-state index in [-0.39, 0.29) is 0 Å². The summed E-state index contributed by atoms with van der Waals surface area (Å²) < 4.78 is 5.38. The van der Waals surface area contributed by atoms with Crippen LogP contribution in [0.2, 0.25) is 0 Å². The van der Waals surface area contributed by atoms with E-state index < -0.39 is 11.6 Å². The Kier molecular flexibility index (Phi) is 3.39. The maximum absolute atomic E-state index is 12.2. The first-order valence-corrected chi connectivity index (χ1v) is 7.32. The van der Waals surface area contributed by atoms with Crippen molar-refractivity contribution < 1.29 is 9.53 Å². The zero-order valence-electron chi connectivity index (χ0n) is 13.3. The fourth-order valence-electron chi connectivity index (χ4n) is 2.48. The molecule has 0 radical (unpaired) electrons. The Bertz CT molecular complexity index is 755. The van der Waals surface area contributed by atoms with Crippen LogP contribution in [-0.4, -0.2) is 52.6 Å². The third-order valence-electron chi connectivity index (χ3n) is 3.47. The number of nitrogens with zero attached hydrogens (tertiary/aromatic N) is 3. The van der Waals surface area contributed by atoms with Crippen molar-refractivity contribution in [3.05, 3.63) is 29.5 Å². The van der Waals surface area contributed by atoms with Crippen molar-refractivity contribution in [2.45, 2.75) is 26.4 Å². The van der Waals surface area contributed by atoms with Gasteiger partial charge in [-0.15, -0.1) is 0 Å². The summed E-state index contributed by atoms with van der Waals surface area (Å²) in [4.78, 5) is 18.8. The summed E-state index contributed by atoms with van der Waals surface area (Å²) in [5.41, 5.74) is 1.61. The van der Waals surface area contributed by atoms with Gasteiger partial charge in [-0.1, -0.05) is 6.07 Å². The van der Waals surface area contributed by atoms with E-state index in [1.807, 2.05) is 46.0 Å². The largest absolute Gasteiger partial charge is 0.455 e. The molecule has 22 heavy (non-hydrogen) atoms. The number of amidine groups is 1. The highest BCUT2D eigenvalue weighted by Gasteiger charge is 2.23. The predicted octanol–water partition coefficient (Wildman–Crippen LogP) is 2.21. The van der Waals surface area contributed by atoms with Gasteiger partial charge in [0, 0.05) is 24.5 Å². The molecule has 0 saturated heterocycles. The Labute approximate surface area is 129 Å². The molecule has 0 bridgehead atoms. The predicted molar refractivity (Wildman–Crippen MR) is 85.3 cm³/mol. The third-order valence-corrected chi connectivity index (χ3v) is 3.47. The van der Waals surface area contributed by atoms with Crippen molar-refractivity contribution >= 4 is 22.7 Å². The molecule has 1 aromatic carbocycles. The smallest absolute Gasteiger partial charge is 0.360 e. The second-order valence-electron chi connectivity index (χ2n) is 6.46. The van der Waals surface area contributed by atoms with Crippen molar-refractivity contribution in [1.82, 2.24) is 15.1 Å². The highest BCUT2D eigenvalue weighted by atomic mass is 16.6. The molecular formula is C16H20N4O2. The van der Waals surface area contributed by atoms with E-state index in [0.717, 1.165) is 35.4 Å². The van der Waals surface area contributed by atoms with Crippen LogP contribution < -0.4 is 0 Å². The number of ether oxygens (including phenoxy) is 1. The molecule has 0 saturated carbocycles. The van der Waals surface area contributed by atoms with E-state index in [9.17, 15) is 4.79 Å². The summed E-state index contributed by atoms with van der Waals surface area (Å²) in [5, 5.41) is 7.79. The SMILES string of the molecule is CN1CCN=C1c1ccc2c(C(=O)OC(C)(C)C)n[nH]c2c1. The van der Waals surface area contributed by atoms with E-state index >= 15 is 0 Å². The normalized spacial score (nSPS) is 15.3. The van der Waals surface area contributed by atoms with Crippen LogP contribution in [0.1, 0.15) is 36.8 Å². The topological polar surface area (TPSA) is 70.6 Å². The fraction of sp³-hybridized carbons (Fsp3) is 0.438. The molecule has 3 rings (SSSR count). The zero-order valence-corrected chi connectivity index (χ0v) is 13.3. The first kappa shape index (κ1) is 14.6. The van der Waals surface area contributed by atoms with Gasteiger partial charge in [0.1, 0.15) is 11.4 Å². The summed E-state index contributed by atoms with van der Waals surface area (Å²) >= 11 is 0. The molecule has 0 atom stereocenters.